The Hall–Kier alpha value is -2.03. The summed E-state index contributed by atoms with van der Waals surface area (Å²) < 4.78 is 13.6. The average Bonchev–Trinajstić information content (AvgIpc) is 2.34. The summed E-state index contributed by atoms with van der Waals surface area (Å²) in [7, 11) is 0. The molecule has 1 unspecified atom stereocenters. The topological polar surface area (TPSA) is 32.3 Å². The number of phenols is 1. The molecule has 2 rings (SSSR count). The fourth-order valence-corrected chi connectivity index (χ4v) is 1.86. The summed E-state index contributed by atoms with van der Waals surface area (Å²) in [6.07, 6.45) is 0. The minimum atomic E-state index is -0.271. The van der Waals surface area contributed by atoms with Gasteiger partial charge in [0.25, 0.3) is 0 Å². The van der Waals surface area contributed by atoms with E-state index < -0.39 is 0 Å². The molecule has 0 radical (unpaired) electrons. The van der Waals surface area contributed by atoms with E-state index in [1.165, 1.54) is 6.07 Å². The second-order valence-corrected chi connectivity index (χ2v) is 4.44. The molecule has 0 aromatic heterocycles. The molecule has 18 heavy (non-hydrogen) atoms. The molecule has 0 heterocycles. The third-order valence-corrected chi connectivity index (χ3v) is 2.86. The molecule has 2 N–H and O–H groups in total. The quantitative estimate of drug-likeness (QED) is 0.856. The van der Waals surface area contributed by atoms with Crippen molar-refractivity contribution in [3.8, 4) is 5.75 Å². The van der Waals surface area contributed by atoms with Crippen molar-refractivity contribution in [3.63, 3.8) is 0 Å². The van der Waals surface area contributed by atoms with Crippen LogP contribution in [0.1, 0.15) is 24.1 Å². The third-order valence-electron chi connectivity index (χ3n) is 2.86. The van der Waals surface area contributed by atoms with Crippen LogP contribution in [0.3, 0.4) is 0 Å². The first-order valence-electron chi connectivity index (χ1n) is 5.88. The van der Waals surface area contributed by atoms with E-state index >= 15 is 0 Å². The van der Waals surface area contributed by atoms with Crippen LogP contribution in [0.5, 0.6) is 5.75 Å². The molecule has 0 saturated carbocycles. The zero-order valence-corrected chi connectivity index (χ0v) is 10.4. The van der Waals surface area contributed by atoms with Crippen LogP contribution in [-0.4, -0.2) is 5.11 Å². The van der Waals surface area contributed by atoms with E-state index in [0.717, 1.165) is 11.1 Å². The van der Waals surface area contributed by atoms with Crippen LogP contribution in [0, 0.1) is 12.7 Å². The first-order valence-corrected chi connectivity index (χ1v) is 5.88. The molecule has 94 valence electrons. The molecule has 2 nitrogen and oxygen atoms in total. The van der Waals surface area contributed by atoms with Gasteiger partial charge in [0, 0.05) is 6.04 Å². The van der Waals surface area contributed by atoms with Crippen LogP contribution >= 0.6 is 0 Å². The minimum Gasteiger partial charge on any atom is -0.508 e. The summed E-state index contributed by atoms with van der Waals surface area (Å²) in [5.41, 5.74) is 2.39. The van der Waals surface area contributed by atoms with Gasteiger partial charge < -0.3 is 10.4 Å². The molecule has 0 amide bonds. The van der Waals surface area contributed by atoms with Gasteiger partial charge in [0.2, 0.25) is 0 Å². The number of aryl methyl sites for hydroxylation is 1. The molecular weight excluding hydrogens is 229 g/mol. The van der Waals surface area contributed by atoms with Crippen molar-refractivity contribution in [2.45, 2.75) is 19.9 Å². The Morgan fingerprint density at radius 3 is 2.67 bits per heavy atom. The molecule has 0 aliphatic carbocycles. The van der Waals surface area contributed by atoms with Crippen LogP contribution in [0.4, 0.5) is 10.1 Å². The summed E-state index contributed by atoms with van der Waals surface area (Å²) in [4.78, 5) is 0. The molecule has 2 aromatic carbocycles. The lowest BCUT2D eigenvalue weighted by Crippen LogP contribution is -2.08. The molecule has 0 saturated heterocycles. The first kappa shape index (κ1) is 12.4. The number of hydrogen-bond donors (Lipinski definition) is 2. The zero-order chi connectivity index (χ0) is 13.1. The molecule has 1 atom stereocenters. The van der Waals surface area contributed by atoms with Crippen LogP contribution < -0.4 is 5.32 Å². The minimum absolute atomic E-state index is 0.0756. The van der Waals surface area contributed by atoms with Gasteiger partial charge in [-0.2, -0.15) is 0 Å². The Labute approximate surface area is 106 Å². The Morgan fingerprint density at radius 2 is 1.94 bits per heavy atom. The van der Waals surface area contributed by atoms with E-state index in [0.29, 0.717) is 5.69 Å². The van der Waals surface area contributed by atoms with Gasteiger partial charge >= 0.3 is 0 Å². The monoisotopic (exact) mass is 245 g/mol. The number of benzene rings is 2. The van der Waals surface area contributed by atoms with E-state index in [4.69, 9.17) is 0 Å². The molecular formula is C15H16FNO. The van der Waals surface area contributed by atoms with Crippen LogP contribution in [-0.2, 0) is 0 Å². The zero-order valence-electron chi connectivity index (χ0n) is 10.4. The van der Waals surface area contributed by atoms with Crippen LogP contribution in [0.2, 0.25) is 0 Å². The van der Waals surface area contributed by atoms with Crippen molar-refractivity contribution >= 4 is 5.69 Å². The third kappa shape index (κ3) is 2.80. The Bertz CT molecular complexity index is 554. The number of anilines is 1. The molecule has 0 aliphatic heterocycles. The van der Waals surface area contributed by atoms with Gasteiger partial charge in [0.1, 0.15) is 11.6 Å². The predicted molar refractivity (Wildman–Crippen MR) is 71.3 cm³/mol. The highest BCUT2D eigenvalue weighted by atomic mass is 19.1. The van der Waals surface area contributed by atoms with Crippen molar-refractivity contribution in [3.05, 3.63) is 59.4 Å². The highest BCUT2D eigenvalue weighted by molar-refractivity contribution is 5.49. The van der Waals surface area contributed by atoms with E-state index in [1.54, 1.807) is 30.3 Å². The molecule has 0 spiro atoms. The highest BCUT2D eigenvalue weighted by Crippen LogP contribution is 2.24. The van der Waals surface area contributed by atoms with Crippen LogP contribution in [0.15, 0.2) is 42.5 Å². The summed E-state index contributed by atoms with van der Waals surface area (Å²) in [6.45, 7) is 3.85. The Kier molecular flexibility index (Phi) is 3.51. The lowest BCUT2D eigenvalue weighted by Gasteiger charge is -2.17. The Morgan fingerprint density at radius 1 is 1.17 bits per heavy atom. The number of phenolic OH excluding ortho intramolecular Hbond substituents is 1. The summed E-state index contributed by atoms with van der Waals surface area (Å²) >= 11 is 0. The summed E-state index contributed by atoms with van der Waals surface area (Å²) in [5.74, 6) is -0.0570. The van der Waals surface area contributed by atoms with Gasteiger partial charge in [-0.1, -0.05) is 18.2 Å². The van der Waals surface area contributed by atoms with Crippen molar-refractivity contribution in [2.24, 2.45) is 0 Å². The van der Waals surface area contributed by atoms with E-state index in [2.05, 4.69) is 5.32 Å². The number of hydrogen-bond acceptors (Lipinski definition) is 2. The van der Waals surface area contributed by atoms with E-state index in [9.17, 15) is 9.50 Å². The average molecular weight is 245 g/mol. The largest absolute Gasteiger partial charge is 0.508 e. The lowest BCUT2D eigenvalue weighted by atomic mass is 10.1. The van der Waals surface area contributed by atoms with Crippen LogP contribution in [0.25, 0.3) is 0 Å². The van der Waals surface area contributed by atoms with Gasteiger partial charge in [-0.05, 0) is 49.2 Å². The maximum Gasteiger partial charge on any atom is 0.146 e. The maximum absolute atomic E-state index is 13.6. The van der Waals surface area contributed by atoms with Gasteiger partial charge in [-0.25, -0.2) is 4.39 Å². The van der Waals surface area contributed by atoms with Crippen molar-refractivity contribution < 1.29 is 9.50 Å². The lowest BCUT2D eigenvalue weighted by molar-refractivity contribution is 0.474. The SMILES string of the molecule is Cc1ccc(F)c(NC(C)c2cccc(O)c2)c1. The summed E-state index contributed by atoms with van der Waals surface area (Å²) in [5, 5.41) is 12.5. The highest BCUT2D eigenvalue weighted by Gasteiger charge is 2.09. The van der Waals surface area contributed by atoms with Crippen molar-refractivity contribution in [1.29, 1.82) is 0 Å². The smallest absolute Gasteiger partial charge is 0.146 e. The molecule has 2 aromatic rings. The summed E-state index contributed by atoms with van der Waals surface area (Å²) in [6, 6.07) is 11.8. The fourth-order valence-electron chi connectivity index (χ4n) is 1.86. The van der Waals surface area contributed by atoms with E-state index in [-0.39, 0.29) is 17.6 Å². The number of halogens is 1. The normalized spacial score (nSPS) is 12.2. The van der Waals surface area contributed by atoms with Gasteiger partial charge in [-0.15, -0.1) is 0 Å². The molecule has 0 fully saturated rings. The molecule has 3 heteroatoms. The standard InChI is InChI=1S/C15H16FNO/c1-10-6-7-14(16)15(8-10)17-11(2)12-4-3-5-13(18)9-12/h3-9,11,17-18H,1-2H3. The predicted octanol–water partition coefficient (Wildman–Crippen LogP) is 4.01. The Balaban J connectivity index is 2.21. The fraction of sp³-hybridized carbons (Fsp3) is 0.200. The van der Waals surface area contributed by atoms with Gasteiger partial charge in [0.15, 0.2) is 0 Å². The van der Waals surface area contributed by atoms with Gasteiger partial charge in [0.05, 0.1) is 5.69 Å². The number of nitrogens with one attached hydrogen (secondary N) is 1. The molecule has 0 aliphatic rings. The second kappa shape index (κ2) is 5.08. The molecule has 0 bridgehead atoms. The second-order valence-electron chi connectivity index (χ2n) is 4.44. The van der Waals surface area contributed by atoms with E-state index in [1.807, 2.05) is 19.9 Å². The van der Waals surface area contributed by atoms with Crippen molar-refractivity contribution in [1.82, 2.24) is 0 Å². The number of aromatic hydroxyl groups is 1. The van der Waals surface area contributed by atoms with Crippen molar-refractivity contribution in [2.75, 3.05) is 5.32 Å². The first-order chi connectivity index (χ1) is 8.56. The maximum atomic E-state index is 13.6. The number of rotatable bonds is 3. The van der Waals surface area contributed by atoms with Gasteiger partial charge in [-0.3, -0.25) is 0 Å².